The Bertz CT molecular complexity index is 1960. The van der Waals surface area contributed by atoms with Crippen molar-refractivity contribution in [3.05, 3.63) is 110 Å². The molecule has 2 atom stereocenters. The summed E-state index contributed by atoms with van der Waals surface area (Å²) in [5.41, 5.74) is 2.98. The number of halogens is 1. The minimum atomic E-state index is -1.60. The molecule has 5 rings (SSSR count). The molecule has 1 unspecified atom stereocenters. The lowest BCUT2D eigenvalue weighted by atomic mass is 9.97. The van der Waals surface area contributed by atoms with Crippen molar-refractivity contribution >= 4 is 17.6 Å². The van der Waals surface area contributed by atoms with Crippen LogP contribution in [0.4, 0.5) is 0 Å². The standard InChI is InChI=1S/C38H42ClN5O7/c1-25-28(6-3-7-31(25)32-8-4-11-44(36(32)47)12-5-10-43-13-9-30(46)21-43)23-51-35-16-34(50-22-27-14-26(17-40)18-41-19-27)29(15-33(35)39)20-42-38(2,24-45)37(48)49/h3-4,6-8,11,14-16,18-19,30,42,45-46H,5,9-10,12-13,20-24H2,1-2H3,(H,48,49)/t30-,38?/m1/s1. The van der Waals surface area contributed by atoms with Crippen molar-refractivity contribution < 1.29 is 29.6 Å². The highest BCUT2D eigenvalue weighted by molar-refractivity contribution is 6.32. The molecule has 13 heteroatoms. The Morgan fingerprint density at radius 3 is 2.61 bits per heavy atom. The molecule has 0 amide bonds. The molecule has 4 aromatic rings. The van der Waals surface area contributed by atoms with E-state index in [1.54, 1.807) is 35.2 Å². The molecule has 0 radical (unpaired) electrons. The molecule has 1 fully saturated rings. The topological polar surface area (TPSA) is 170 Å². The number of aryl methyl sites for hydroxylation is 1. The first-order valence-electron chi connectivity index (χ1n) is 16.7. The van der Waals surface area contributed by atoms with Gasteiger partial charge in [-0.15, -0.1) is 0 Å². The average molecular weight is 716 g/mol. The number of carbonyl (C=O) groups is 1. The molecule has 1 aliphatic rings. The summed E-state index contributed by atoms with van der Waals surface area (Å²) in [6.45, 7) is 5.82. The first-order chi connectivity index (χ1) is 24.5. The summed E-state index contributed by atoms with van der Waals surface area (Å²) in [6, 6.07) is 16.4. The number of carboxylic acid groups (broad SMARTS) is 1. The van der Waals surface area contributed by atoms with Gasteiger partial charge in [-0.05, 0) is 74.2 Å². The molecule has 12 nitrogen and oxygen atoms in total. The molecule has 0 saturated carbocycles. The van der Waals surface area contributed by atoms with Gasteiger partial charge < -0.3 is 34.3 Å². The number of hydrogen-bond acceptors (Lipinski definition) is 10. The molecule has 1 aliphatic heterocycles. The number of aromatic nitrogens is 2. The number of nitriles is 1. The van der Waals surface area contributed by atoms with Crippen molar-refractivity contribution in [2.45, 2.75) is 64.6 Å². The first kappa shape index (κ1) is 37.5. The lowest BCUT2D eigenvalue weighted by Crippen LogP contribution is -2.52. The van der Waals surface area contributed by atoms with E-state index in [4.69, 9.17) is 21.1 Å². The van der Waals surface area contributed by atoms with Gasteiger partial charge in [-0.25, -0.2) is 0 Å². The zero-order chi connectivity index (χ0) is 36.5. The second-order valence-electron chi connectivity index (χ2n) is 12.9. The molecule has 0 bridgehead atoms. The van der Waals surface area contributed by atoms with Crippen LogP contribution in [0.5, 0.6) is 11.5 Å². The Kier molecular flexibility index (Phi) is 12.5. The van der Waals surface area contributed by atoms with Crippen LogP contribution in [-0.4, -0.2) is 73.6 Å². The number of β-amino-alcohol motifs (C(OH)–C–C–N with tert-alkyl or cyclic N) is 1. The third-order valence-electron chi connectivity index (χ3n) is 9.15. The fourth-order valence-electron chi connectivity index (χ4n) is 5.92. The van der Waals surface area contributed by atoms with Crippen molar-refractivity contribution in [1.29, 1.82) is 5.26 Å². The number of hydrogen-bond donors (Lipinski definition) is 4. The summed E-state index contributed by atoms with van der Waals surface area (Å²) in [5, 5.41) is 41.5. The fourth-order valence-corrected chi connectivity index (χ4v) is 6.16. The molecule has 1 saturated heterocycles. The van der Waals surface area contributed by atoms with Gasteiger partial charge >= 0.3 is 5.97 Å². The van der Waals surface area contributed by atoms with Gasteiger partial charge in [-0.3, -0.25) is 19.9 Å². The summed E-state index contributed by atoms with van der Waals surface area (Å²) in [4.78, 5) is 31.6. The van der Waals surface area contributed by atoms with Crippen LogP contribution in [0.25, 0.3) is 11.1 Å². The maximum Gasteiger partial charge on any atom is 0.326 e. The van der Waals surface area contributed by atoms with Crippen LogP contribution in [0.15, 0.2) is 71.9 Å². The van der Waals surface area contributed by atoms with Crippen molar-refractivity contribution in [1.82, 2.24) is 19.8 Å². The Morgan fingerprint density at radius 1 is 1.10 bits per heavy atom. The molecule has 2 aromatic carbocycles. The maximum absolute atomic E-state index is 13.6. The van der Waals surface area contributed by atoms with Gasteiger partial charge in [0, 0.05) is 67.5 Å². The van der Waals surface area contributed by atoms with Crippen LogP contribution in [0, 0.1) is 18.3 Å². The number of aliphatic hydroxyl groups excluding tert-OH is 2. The van der Waals surface area contributed by atoms with Gasteiger partial charge in [0.15, 0.2) is 0 Å². The Balaban J connectivity index is 1.34. The van der Waals surface area contributed by atoms with E-state index in [0.29, 0.717) is 46.8 Å². The van der Waals surface area contributed by atoms with Gasteiger partial charge in [0.25, 0.3) is 5.56 Å². The number of likely N-dealkylation sites (tertiary alicyclic amines) is 1. The van der Waals surface area contributed by atoms with Crippen LogP contribution < -0.4 is 20.3 Å². The highest BCUT2D eigenvalue weighted by Gasteiger charge is 2.32. The van der Waals surface area contributed by atoms with Gasteiger partial charge in [0.05, 0.1) is 23.3 Å². The van der Waals surface area contributed by atoms with Crippen LogP contribution in [0.2, 0.25) is 5.02 Å². The SMILES string of the molecule is Cc1c(COc2cc(OCc3cncc(C#N)c3)c(CNC(C)(CO)C(=O)O)cc2Cl)cccc1-c1cccn(CCCN2CC[C@@H](O)C2)c1=O. The quantitative estimate of drug-likeness (QED) is 0.131. The number of benzene rings is 2. The fraction of sp³-hybridized carbons (Fsp3) is 0.368. The molecule has 0 aliphatic carbocycles. The number of aliphatic hydroxyl groups is 2. The highest BCUT2D eigenvalue weighted by atomic mass is 35.5. The minimum Gasteiger partial charge on any atom is -0.488 e. The van der Waals surface area contributed by atoms with Gasteiger partial charge in [0.2, 0.25) is 0 Å². The summed E-state index contributed by atoms with van der Waals surface area (Å²) in [5.74, 6) is -0.546. The average Bonchev–Trinajstić information content (AvgIpc) is 3.55. The number of nitrogens with one attached hydrogen (secondary N) is 1. The van der Waals surface area contributed by atoms with Crippen molar-refractivity contribution in [2.75, 3.05) is 26.2 Å². The van der Waals surface area contributed by atoms with Crippen LogP contribution in [0.3, 0.4) is 0 Å². The lowest BCUT2D eigenvalue weighted by molar-refractivity contribution is -0.145. The van der Waals surface area contributed by atoms with E-state index in [-0.39, 0.29) is 36.4 Å². The molecular formula is C38H42ClN5O7. The largest absolute Gasteiger partial charge is 0.488 e. The first-order valence-corrected chi connectivity index (χ1v) is 17.1. The number of nitrogens with zero attached hydrogens (tertiary/aromatic N) is 4. The highest BCUT2D eigenvalue weighted by Crippen LogP contribution is 2.35. The molecule has 51 heavy (non-hydrogen) atoms. The predicted molar refractivity (Wildman–Crippen MR) is 192 cm³/mol. The number of rotatable bonds is 16. The third kappa shape index (κ3) is 9.32. The van der Waals surface area contributed by atoms with E-state index < -0.39 is 18.1 Å². The zero-order valence-electron chi connectivity index (χ0n) is 28.6. The normalized spacial score (nSPS) is 15.6. The maximum atomic E-state index is 13.6. The molecule has 3 heterocycles. The van der Waals surface area contributed by atoms with Gasteiger partial charge in [-0.1, -0.05) is 29.8 Å². The monoisotopic (exact) mass is 715 g/mol. The second kappa shape index (κ2) is 17.0. The van der Waals surface area contributed by atoms with Crippen LogP contribution in [-0.2, 0) is 31.1 Å². The second-order valence-corrected chi connectivity index (χ2v) is 13.3. The Morgan fingerprint density at radius 2 is 1.88 bits per heavy atom. The molecular weight excluding hydrogens is 674 g/mol. The van der Waals surface area contributed by atoms with Crippen molar-refractivity contribution in [3.63, 3.8) is 0 Å². The minimum absolute atomic E-state index is 0.00627. The predicted octanol–water partition coefficient (Wildman–Crippen LogP) is 4.28. The van der Waals surface area contributed by atoms with Crippen molar-refractivity contribution in [3.8, 4) is 28.7 Å². The van der Waals surface area contributed by atoms with E-state index in [1.807, 2.05) is 37.3 Å². The van der Waals surface area contributed by atoms with E-state index in [1.165, 1.54) is 13.1 Å². The molecule has 268 valence electrons. The Labute approximate surface area is 301 Å². The number of carboxylic acids is 1. The Hall–Kier alpha value is -4.77. The molecule has 0 spiro atoms. The third-order valence-corrected chi connectivity index (χ3v) is 9.45. The van der Waals surface area contributed by atoms with E-state index in [9.17, 15) is 30.2 Å². The molecule has 2 aromatic heterocycles. The molecule has 4 N–H and O–H groups in total. The number of pyridine rings is 2. The van der Waals surface area contributed by atoms with Crippen LogP contribution >= 0.6 is 11.6 Å². The van der Waals surface area contributed by atoms with E-state index >= 15 is 0 Å². The summed E-state index contributed by atoms with van der Waals surface area (Å²) < 4.78 is 14.1. The van der Waals surface area contributed by atoms with E-state index in [2.05, 4.69) is 21.3 Å². The summed E-state index contributed by atoms with van der Waals surface area (Å²) >= 11 is 6.69. The zero-order valence-corrected chi connectivity index (χ0v) is 29.4. The van der Waals surface area contributed by atoms with Crippen molar-refractivity contribution in [2.24, 2.45) is 0 Å². The summed E-state index contributed by atoms with van der Waals surface area (Å²) in [6.07, 6.45) is 6.15. The van der Waals surface area contributed by atoms with Gasteiger partial charge in [-0.2, -0.15) is 5.26 Å². The van der Waals surface area contributed by atoms with Crippen LogP contribution in [0.1, 0.15) is 47.6 Å². The lowest BCUT2D eigenvalue weighted by Gasteiger charge is -2.25. The van der Waals surface area contributed by atoms with Gasteiger partial charge in [0.1, 0.15) is 36.3 Å². The smallest absolute Gasteiger partial charge is 0.326 e. The number of ether oxygens (including phenoxy) is 2. The van der Waals surface area contributed by atoms with E-state index in [0.717, 1.165) is 42.6 Å². The number of aliphatic carboxylic acids is 1. The summed E-state index contributed by atoms with van der Waals surface area (Å²) in [7, 11) is 0.